The van der Waals surface area contributed by atoms with Crippen LogP contribution in [0.3, 0.4) is 0 Å². The Kier molecular flexibility index (Phi) is 7.53. The predicted molar refractivity (Wildman–Crippen MR) is 130 cm³/mol. The number of aromatic nitrogens is 3. The van der Waals surface area contributed by atoms with Gasteiger partial charge in [-0.05, 0) is 46.5 Å². The average Bonchev–Trinajstić information content (AvgIpc) is 2.88. The number of rotatable bonds is 6. The number of carbonyl (C=O) groups is 1. The standard InChI is InChI=1S/C24H22BrClN6O/c25-20-15-29-22(13-27)30-23(20)32(19-4-2-1-3-5-19)31-24(33)18-10-11-21(28-14-18)17-8-6-16(12-26)7-9-17/h6-11,14-15,19H,1-5,12H2,(H,31,33). The third kappa shape index (κ3) is 5.49. The van der Waals surface area contributed by atoms with Crippen LogP contribution >= 0.6 is 27.5 Å². The number of hydrazine groups is 1. The number of nitrogens with zero attached hydrogens (tertiary/aromatic N) is 5. The summed E-state index contributed by atoms with van der Waals surface area (Å²) in [5.74, 6) is 0.698. The van der Waals surface area contributed by atoms with Crippen molar-refractivity contribution in [1.29, 1.82) is 5.26 Å². The van der Waals surface area contributed by atoms with Crippen molar-refractivity contribution >= 4 is 39.3 Å². The van der Waals surface area contributed by atoms with E-state index in [2.05, 4.69) is 36.3 Å². The minimum Gasteiger partial charge on any atom is -0.267 e. The van der Waals surface area contributed by atoms with Crippen molar-refractivity contribution in [2.24, 2.45) is 0 Å². The molecule has 3 aromatic rings. The van der Waals surface area contributed by atoms with E-state index >= 15 is 0 Å². The number of nitrogens with one attached hydrogen (secondary N) is 1. The number of benzene rings is 1. The lowest BCUT2D eigenvalue weighted by Gasteiger charge is -2.35. The Morgan fingerprint density at radius 1 is 1.12 bits per heavy atom. The maximum atomic E-state index is 13.1. The van der Waals surface area contributed by atoms with E-state index < -0.39 is 0 Å². The van der Waals surface area contributed by atoms with Crippen LogP contribution in [0.5, 0.6) is 0 Å². The summed E-state index contributed by atoms with van der Waals surface area (Å²) in [6.07, 6.45) is 8.27. The lowest BCUT2D eigenvalue weighted by molar-refractivity contribution is 0.0940. The molecule has 1 fully saturated rings. The summed E-state index contributed by atoms with van der Waals surface area (Å²) < 4.78 is 0.612. The van der Waals surface area contributed by atoms with Crippen molar-refractivity contribution in [2.45, 2.75) is 44.0 Å². The summed E-state index contributed by atoms with van der Waals surface area (Å²) >= 11 is 9.33. The summed E-state index contributed by atoms with van der Waals surface area (Å²) in [6, 6.07) is 13.5. The van der Waals surface area contributed by atoms with Gasteiger partial charge in [0.1, 0.15) is 6.07 Å². The summed E-state index contributed by atoms with van der Waals surface area (Å²) in [7, 11) is 0. The van der Waals surface area contributed by atoms with Crippen molar-refractivity contribution in [3.8, 4) is 17.3 Å². The van der Waals surface area contributed by atoms with Crippen molar-refractivity contribution < 1.29 is 4.79 Å². The summed E-state index contributed by atoms with van der Waals surface area (Å²) in [5.41, 5.74) is 6.19. The van der Waals surface area contributed by atoms with Gasteiger partial charge in [-0.1, -0.05) is 43.5 Å². The molecule has 1 aliphatic carbocycles. The maximum absolute atomic E-state index is 13.1. The van der Waals surface area contributed by atoms with Crippen LogP contribution < -0.4 is 10.4 Å². The number of nitriles is 1. The van der Waals surface area contributed by atoms with Crippen LogP contribution in [0.15, 0.2) is 53.3 Å². The molecule has 33 heavy (non-hydrogen) atoms. The molecule has 168 valence electrons. The highest BCUT2D eigenvalue weighted by atomic mass is 79.9. The minimum atomic E-state index is -0.291. The van der Waals surface area contributed by atoms with Crippen LogP contribution in [0.4, 0.5) is 5.82 Å². The Balaban J connectivity index is 1.57. The molecule has 9 heteroatoms. The Morgan fingerprint density at radius 2 is 1.88 bits per heavy atom. The Labute approximate surface area is 205 Å². The molecule has 2 aromatic heterocycles. The number of pyridine rings is 1. The van der Waals surface area contributed by atoms with Crippen LogP contribution in [0, 0.1) is 11.3 Å². The van der Waals surface area contributed by atoms with Crippen molar-refractivity contribution in [3.63, 3.8) is 0 Å². The topological polar surface area (TPSA) is 94.8 Å². The summed E-state index contributed by atoms with van der Waals surface area (Å²) in [6.45, 7) is 0. The van der Waals surface area contributed by atoms with Crippen molar-refractivity contribution in [3.05, 3.63) is 70.2 Å². The van der Waals surface area contributed by atoms with Crippen LogP contribution in [0.2, 0.25) is 0 Å². The molecule has 1 saturated carbocycles. The second-order valence-corrected chi connectivity index (χ2v) is 8.96. The van der Waals surface area contributed by atoms with E-state index in [-0.39, 0.29) is 17.8 Å². The third-order valence-electron chi connectivity index (χ3n) is 5.65. The summed E-state index contributed by atoms with van der Waals surface area (Å²) in [4.78, 5) is 26.0. The minimum absolute atomic E-state index is 0.0504. The molecule has 1 aliphatic rings. The zero-order chi connectivity index (χ0) is 23.2. The van der Waals surface area contributed by atoms with Gasteiger partial charge in [0.15, 0.2) is 5.82 Å². The van der Waals surface area contributed by atoms with Gasteiger partial charge in [0.25, 0.3) is 5.91 Å². The maximum Gasteiger partial charge on any atom is 0.271 e. The molecule has 1 amide bonds. The van der Waals surface area contributed by atoms with Crippen LogP contribution in [0.25, 0.3) is 11.3 Å². The average molecular weight is 526 g/mol. The molecule has 0 bridgehead atoms. The van der Waals surface area contributed by atoms with Crippen LogP contribution in [-0.4, -0.2) is 26.9 Å². The number of hydrogen-bond acceptors (Lipinski definition) is 6. The van der Waals surface area contributed by atoms with E-state index in [0.717, 1.165) is 42.5 Å². The molecule has 0 aliphatic heterocycles. The fraction of sp³-hybridized carbons (Fsp3) is 0.292. The molecule has 0 spiro atoms. The van der Waals surface area contributed by atoms with Crippen molar-refractivity contribution in [2.75, 3.05) is 5.01 Å². The van der Waals surface area contributed by atoms with Gasteiger partial charge in [0, 0.05) is 23.8 Å². The fourth-order valence-electron chi connectivity index (χ4n) is 3.87. The van der Waals surface area contributed by atoms with E-state index in [9.17, 15) is 10.1 Å². The highest BCUT2D eigenvalue weighted by molar-refractivity contribution is 9.10. The van der Waals surface area contributed by atoms with E-state index in [4.69, 9.17) is 11.6 Å². The normalized spacial score (nSPS) is 13.8. The van der Waals surface area contributed by atoms with Crippen molar-refractivity contribution in [1.82, 2.24) is 20.4 Å². The first-order chi connectivity index (χ1) is 16.1. The lowest BCUT2D eigenvalue weighted by atomic mass is 9.95. The number of anilines is 1. The van der Waals surface area contributed by atoms with Crippen LogP contribution in [-0.2, 0) is 5.88 Å². The van der Waals surface area contributed by atoms with Gasteiger partial charge >= 0.3 is 0 Å². The molecular weight excluding hydrogens is 504 g/mol. The number of alkyl halides is 1. The van der Waals surface area contributed by atoms with Gasteiger partial charge in [0.2, 0.25) is 5.82 Å². The Hall–Kier alpha value is -3.02. The predicted octanol–water partition coefficient (Wildman–Crippen LogP) is 5.40. The fourth-order valence-corrected chi connectivity index (χ4v) is 4.44. The lowest BCUT2D eigenvalue weighted by Crippen LogP contribution is -2.50. The highest BCUT2D eigenvalue weighted by Crippen LogP contribution is 2.29. The Morgan fingerprint density at radius 3 is 2.52 bits per heavy atom. The SMILES string of the molecule is N#Cc1ncc(Br)c(N(NC(=O)c2ccc(-c3ccc(CCl)cc3)nc2)C2CCCCC2)n1. The van der Waals surface area contributed by atoms with Gasteiger partial charge in [-0.2, -0.15) is 10.2 Å². The first kappa shape index (κ1) is 23.1. The monoisotopic (exact) mass is 524 g/mol. The van der Waals surface area contributed by atoms with Crippen LogP contribution in [0.1, 0.15) is 53.8 Å². The molecule has 0 saturated heterocycles. The molecule has 2 heterocycles. The number of halogens is 2. The summed E-state index contributed by atoms with van der Waals surface area (Å²) in [5, 5.41) is 11.0. The molecular formula is C24H22BrClN6O. The molecule has 0 unspecified atom stereocenters. The number of hydrogen-bond donors (Lipinski definition) is 1. The first-order valence-corrected chi connectivity index (χ1v) is 12.1. The second kappa shape index (κ2) is 10.7. The first-order valence-electron chi connectivity index (χ1n) is 10.7. The largest absolute Gasteiger partial charge is 0.271 e. The van der Waals surface area contributed by atoms with E-state index in [1.165, 1.54) is 12.6 Å². The molecule has 7 nitrogen and oxygen atoms in total. The Bertz CT molecular complexity index is 1160. The zero-order valence-electron chi connectivity index (χ0n) is 17.8. The second-order valence-electron chi connectivity index (χ2n) is 7.84. The van der Waals surface area contributed by atoms with E-state index in [1.807, 2.05) is 36.4 Å². The third-order valence-corrected chi connectivity index (χ3v) is 6.51. The number of amides is 1. The smallest absolute Gasteiger partial charge is 0.267 e. The molecule has 1 N–H and O–H groups in total. The molecule has 1 aromatic carbocycles. The van der Waals surface area contributed by atoms with Gasteiger partial charge in [0.05, 0.1) is 21.8 Å². The molecule has 0 radical (unpaired) electrons. The molecule has 0 atom stereocenters. The van der Waals surface area contributed by atoms with Gasteiger partial charge < -0.3 is 0 Å². The quantitative estimate of drug-likeness (QED) is 0.342. The van der Waals surface area contributed by atoms with Gasteiger partial charge in [-0.3, -0.25) is 20.2 Å². The van der Waals surface area contributed by atoms with Gasteiger partial charge in [-0.25, -0.2) is 4.98 Å². The molecule has 4 rings (SSSR count). The van der Waals surface area contributed by atoms with Gasteiger partial charge in [-0.15, -0.1) is 11.6 Å². The highest BCUT2D eigenvalue weighted by Gasteiger charge is 2.27. The van der Waals surface area contributed by atoms with E-state index in [1.54, 1.807) is 17.3 Å². The van der Waals surface area contributed by atoms with E-state index in [0.29, 0.717) is 21.7 Å². The number of carbonyl (C=O) groups excluding carboxylic acids is 1. The zero-order valence-corrected chi connectivity index (χ0v) is 20.2.